The summed E-state index contributed by atoms with van der Waals surface area (Å²) in [7, 11) is 3.13. The Balaban J connectivity index is 3.28. The second-order valence-corrected chi connectivity index (χ2v) is 3.50. The third-order valence-electron chi connectivity index (χ3n) is 1.77. The van der Waals surface area contributed by atoms with Crippen LogP contribution in [0.4, 0.5) is 8.78 Å². The molecule has 0 bridgehead atoms. The fourth-order valence-electron chi connectivity index (χ4n) is 1.17. The minimum atomic E-state index is -0.929. The highest BCUT2D eigenvalue weighted by Crippen LogP contribution is 2.33. The highest BCUT2D eigenvalue weighted by atomic mass is 79.9. The van der Waals surface area contributed by atoms with Crippen LogP contribution in [0.25, 0.3) is 0 Å². The molecular weight excluding hydrogens is 256 g/mol. The largest absolute Gasteiger partial charge is 0.495 e. The molecule has 0 unspecified atom stereocenters. The maximum absolute atomic E-state index is 13.1. The van der Waals surface area contributed by atoms with Gasteiger partial charge in [-0.3, -0.25) is 0 Å². The van der Waals surface area contributed by atoms with Crippen molar-refractivity contribution in [1.82, 2.24) is 5.32 Å². The summed E-state index contributed by atoms with van der Waals surface area (Å²) in [6, 6.07) is 1.12. The van der Waals surface area contributed by atoms with Gasteiger partial charge in [-0.25, -0.2) is 8.78 Å². The molecule has 0 aromatic heterocycles. The molecule has 0 fully saturated rings. The molecule has 2 nitrogen and oxygen atoms in total. The van der Waals surface area contributed by atoms with E-state index in [0.29, 0.717) is 17.9 Å². The summed E-state index contributed by atoms with van der Waals surface area (Å²) in [5.41, 5.74) is 0.570. The van der Waals surface area contributed by atoms with Crippen LogP contribution >= 0.6 is 15.9 Å². The number of ether oxygens (including phenoxy) is 1. The molecule has 0 radical (unpaired) electrons. The third kappa shape index (κ3) is 2.04. The molecule has 0 saturated heterocycles. The highest BCUT2D eigenvalue weighted by molar-refractivity contribution is 9.10. The standard InChI is InChI=1S/C9H10BrF2NO/c1-13-4-5-3-6(11)8(12)7(10)9(5)14-2/h3,13H,4H2,1-2H3. The number of nitrogens with one attached hydrogen (secondary N) is 1. The fourth-order valence-corrected chi connectivity index (χ4v) is 1.78. The van der Waals surface area contributed by atoms with E-state index in [1.54, 1.807) is 7.05 Å². The molecule has 1 aromatic carbocycles. The van der Waals surface area contributed by atoms with Crippen molar-refractivity contribution in [3.63, 3.8) is 0 Å². The van der Waals surface area contributed by atoms with E-state index in [1.165, 1.54) is 7.11 Å². The molecule has 1 N–H and O–H groups in total. The van der Waals surface area contributed by atoms with E-state index in [-0.39, 0.29) is 4.47 Å². The highest BCUT2D eigenvalue weighted by Gasteiger charge is 2.16. The average Bonchev–Trinajstić information content (AvgIpc) is 2.16. The van der Waals surface area contributed by atoms with Gasteiger partial charge in [-0.15, -0.1) is 0 Å². The van der Waals surface area contributed by atoms with Gasteiger partial charge in [-0.1, -0.05) is 0 Å². The van der Waals surface area contributed by atoms with Gasteiger partial charge in [0.15, 0.2) is 11.6 Å². The van der Waals surface area contributed by atoms with Gasteiger partial charge in [0.05, 0.1) is 11.6 Å². The lowest BCUT2D eigenvalue weighted by Gasteiger charge is -2.11. The molecule has 0 aliphatic rings. The molecule has 78 valence electrons. The zero-order valence-corrected chi connectivity index (χ0v) is 9.41. The first-order valence-electron chi connectivity index (χ1n) is 3.96. The zero-order chi connectivity index (χ0) is 10.7. The van der Waals surface area contributed by atoms with Crippen LogP contribution in [0, 0.1) is 11.6 Å². The normalized spacial score (nSPS) is 10.4. The molecule has 0 aliphatic heterocycles. The molecule has 0 saturated carbocycles. The second-order valence-electron chi connectivity index (χ2n) is 2.71. The Labute approximate surface area is 89.4 Å². The Morgan fingerprint density at radius 3 is 2.64 bits per heavy atom. The van der Waals surface area contributed by atoms with Crippen molar-refractivity contribution in [3.8, 4) is 5.75 Å². The van der Waals surface area contributed by atoms with Crippen LogP contribution in [-0.2, 0) is 6.54 Å². The first kappa shape index (κ1) is 11.4. The van der Waals surface area contributed by atoms with Crippen molar-refractivity contribution in [2.75, 3.05) is 14.2 Å². The van der Waals surface area contributed by atoms with Crippen LogP contribution in [0.5, 0.6) is 5.75 Å². The van der Waals surface area contributed by atoms with Crippen molar-refractivity contribution >= 4 is 15.9 Å². The molecule has 5 heteroatoms. The summed E-state index contributed by atoms with van der Waals surface area (Å²) in [4.78, 5) is 0. The molecule has 14 heavy (non-hydrogen) atoms. The molecule has 0 amide bonds. The Morgan fingerprint density at radius 2 is 2.14 bits per heavy atom. The summed E-state index contributed by atoms with van der Waals surface area (Å²) in [5.74, 6) is -1.50. The summed E-state index contributed by atoms with van der Waals surface area (Å²) < 4.78 is 31.1. The maximum atomic E-state index is 13.1. The first-order chi connectivity index (χ1) is 6.61. The zero-order valence-electron chi connectivity index (χ0n) is 7.83. The molecular formula is C9H10BrF2NO. The van der Waals surface area contributed by atoms with Crippen molar-refractivity contribution in [1.29, 1.82) is 0 Å². The molecule has 0 heterocycles. The van der Waals surface area contributed by atoms with E-state index in [0.717, 1.165) is 6.07 Å². The van der Waals surface area contributed by atoms with Gasteiger partial charge < -0.3 is 10.1 Å². The molecule has 0 aliphatic carbocycles. The number of halogens is 3. The van der Waals surface area contributed by atoms with E-state index in [4.69, 9.17) is 4.74 Å². The van der Waals surface area contributed by atoms with Gasteiger partial charge in [0.2, 0.25) is 0 Å². The molecule has 0 spiro atoms. The van der Waals surface area contributed by atoms with Gasteiger partial charge in [0.25, 0.3) is 0 Å². The Hall–Kier alpha value is -0.680. The topological polar surface area (TPSA) is 21.3 Å². The maximum Gasteiger partial charge on any atom is 0.176 e. The van der Waals surface area contributed by atoms with E-state index >= 15 is 0 Å². The molecule has 1 aromatic rings. The quantitative estimate of drug-likeness (QED) is 0.848. The smallest absolute Gasteiger partial charge is 0.176 e. The summed E-state index contributed by atoms with van der Waals surface area (Å²) in [6.07, 6.45) is 0. The van der Waals surface area contributed by atoms with Gasteiger partial charge >= 0.3 is 0 Å². The van der Waals surface area contributed by atoms with Gasteiger partial charge in [-0.2, -0.15) is 0 Å². The molecule has 0 atom stereocenters. The van der Waals surface area contributed by atoms with Crippen LogP contribution in [0.15, 0.2) is 10.5 Å². The Bertz CT molecular complexity index is 344. The van der Waals surface area contributed by atoms with Crippen molar-refractivity contribution < 1.29 is 13.5 Å². The predicted octanol–water partition coefficient (Wildman–Crippen LogP) is 2.46. The average molecular weight is 266 g/mol. The van der Waals surface area contributed by atoms with Crippen molar-refractivity contribution in [3.05, 3.63) is 27.7 Å². The number of rotatable bonds is 3. The van der Waals surface area contributed by atoms with Crippen LogP contribution in [0.1, 0.15) is 5.56 Å². The second kappa shape index (κ2) is 4.70. The van der Waals surface area contributed by atoms with E-state index in [9.17, 15) is 8.78 Å². The Morgan fingerprint density at radius 1 is 1.50 bits per heavy atom. The van der Waals surface area contributed by atoms with Gasteiger partial charge in [0.1, 0.15) is 5.75 Å². The summed E-state index contributed by atoms with van der Waals surface area (Å²) in [6.45, 7) is 0.416. The number of benzene rings is 1. The number of methoxy groups -OCH3 is 1. The lowest BCUT2D eigenvalue weighted by atomic mass is 10.2. The van der Waals surface area contributed by atoms with Crippen LogP contribution in [0.2, 0.25) is 0 Å². The Kier molecular flexibility index (Phi) is 3.83. The minimum absolute atomic E-state index is 0.0188. The van der Waals surface area contributed by atoms with E-state index in [1.807, 2.05) is 0 Å². The molecule has 1 rings (SSSR count). The SMILES string of the molecule is CNCc1cc(F)c(F)c(Br)c1OC. The lowest BCUT2D eigenvalue weighted by Crippen LogP contribution is -2.08. The van der Waals surface area contributed by atoms with Gasteiger partial charge in [0, 0.05) is 12.1 Å². The van der Waals surface area contributed by atoms with Gasteiger partial charge in [-0.05, 0) is 29.0 Å². The van der Waals surface area contributed by atoms with Crippen LogP contribution in [0.3, 0.4) is 0 Å². The monoisotopic (exact) mass is 265 g/mol. The summed E-state index contributed by atoms with van der Waals surface area (Å²) in [5, 5.41) is 2.84. The third-order valence-corrected chi connectivity index (χ3v) is 2.47. The fraction of sp³-hybridized carbons (Fsp3) is 0.333. The summed E-state index contributed by atoms with van der Waals surface area (Å²) >= 11 is 2.94. The van der Waals surface area contributed by atoms with Crippen LogP contribution < -0.4 is 10.1 Å². The van der Waals surface area contributed by atoms with Crippen molar-refractivity contribution in [2.45, 2.75) is 6.54 Å². The van der Waals surface area contributed by atoms with Crippen molar-refractivity contribution in [2.24, 2.45) is 0 Å². The predicted molar refractivity (Wildman–Crippen MR) is 53.4 cm³/mol. The van der Waals surface area contributed by atoms with Crippen LogP contribution in [-0.4, -0.2) is 14.2 Å². The lowest BCUT2D eigenvalue weighted by molar-refractivity contribution is 0.395. The minimum Gasteiger partial charge on any atom is -0.495 e. The van der Waals surface area contributed by atoms with E-state index < -0.39 is 11.6 Å². The first-order valence-corrected chi connectivity index (χ1v) is 4.76. The number of hydrogen-bond donors (Lipinski definition) is 1. The number of hydrogen-bond acceptors (Lipinski definition) is 2. The van der Waals surface area contributed by atoms with E-state index in [2.05, 4.69) is 21.2 Å².